The van der Waals surface area contributed by atoms with Gasteiger partial charge in [0.05, 0.1) is 24.0 Å². The predicted molar refractivity (Wildman–Crippen MR) is 119 cm³/mol. The smallest absolute Gasteiger partial charge is 0.225 e. The Labute approximate surface area is 181 Å². The van der Waals surface area contributed by atoms with E-state index in [4.69, 9.17) is 16.3 Å². The first-order valence-corrected chi connectivity index (χ1v) is 12.2. The molecule has 1 aromatic carbocycles. The Morgan fingerprint density at radius 2 is 1.79 bits per heavy atom. The number of nitrogens with zero attached hydrogens (tertiary/aromatic N) is 3. The Morgan fingerprint density at radius 3 is 2.38 bits per heavy atom. The lowest BCUT2D eigenvalue weighted by atomic mass is 9.77. The van der Waals surface area contributed by atoms with Gasteiger partial charge in [-0.1, -0.05) is 25.4 Å². The van der Waals surface area contributed by atoms with Crippen LogP contribution in [-0.4, -0.2) is 40.1 Å². The molecule has 0 N–H and O–H groups in total. The molecule has 1 aromatic heterocycles. The molecule has 2 aromatic rings. The van der Waals surface area contributed by atoms with Gasteiger partial charge in [0, 0.05) is 35.0 Å². The molecule has 3 unspecified atom stereocenters. The maximum absolute atomic E-state index is 11.5. The molecular weight excluding hydrogens is 406 g/mol. The average Bonchev–Trinajstić information content (AvgIpc) is 2.74. The molecule has 3 atom stereocenters. The molecule has 0 aliphatic carbocycles. The Balaban J connectivity index is 1.41. The van der Waals surface area contributed by atoms with Crippen LogP contribution < -0.4 is 9.64 Å². The van der Waals surface area contributed by atoms with E-state index in [0.717, 1.165) is 48.9 Å². The lowest BCUT2D eigenvalue weighted by Crippen LogP contribution is -2.37. The van der Waals surface area contributed by atoms with Crippen LogP contribution in [0.5, 0.6) is 5.75 Å². The third-order valence-corrected chi connectivity index (χ3v) is 7.20. The van der Waals surface area contributed by atoms with Crippen molar-refractivity contribution in [3.63, 3.8) is 0 Å². The number of ether oxygens (including phenoxy) is 1. The van der Waals surface area contributed by atoms with Crippen molar-refractivity contribution in [3.8, 4) is 5.75 Å². The van der Waals surface area contributed by atoms with Gasteiger partial charge in [-0.3, -0.25) is 4.21 Å². The van der Waals surface area contributed by atoms with Crippen molar-refractivity contribution in [2.24, 2.45) is 17.8 Å². The first-order valence-electron chi connectivity index (χ1n) is 10.2. The van der Waals surface area contributed by atoms with Crippen molar-refractivity contribution in [2.75, 3.05) is 30.9 Å². The third kappa shape index (κ3) is 6.16. The minimum Gasteiger partial charge on any atom is -0.494 e. The number of aromatic nitrogens is 2. The molecule has 158 valence electrons. The fraction of sp³-hybridized carbons (Fsp3) is 0.545. The van der Waals surface area contributed by atoms with Crippen molar-refractivity contribution in [3.05, 3.63) is 41.7 Å². The first-order chi connectivity index (χ1) is 13.9. The zero-order valence-corrected chi connectivity index (χ0v) is 19.0. The van der Waals surface area contributed by atoms with E-state index in [-0.39, 0.29) is 0 Å². The topological polar surface area (TPSA) is 55.3 Å². The molecule has 0 amide bonds. The standard InChI is InChI=1S/C22H30ClN3O2S/c1-16(10-13-28-20-4-6-21(7-5-20)29(3)27)17(2)18-8-11-26(12-9-18)22-24-14-19(23)15-25-22/h4-7,14-18H,8-13H2,1-3H3. The highest BCUT2D eigenvalue weighted by atomic mass is 35.5. The van der Waals surface area contributed by atoms with Gasteiger partial charge in [0.15, 0.2) is 0 Å². The van der Waals surface area contributed by atoms with Gasteiger partial charge in [-0.05, 0) is 61.3 Å². The quantitative estimate of drug-likeness (QED) is 0.594. The van der Waals surface area contributed by atoms with Crippen LogP contribution in [0.2, 0.25) is 5.02 Å². The number of rotatable bonds is 8. The predicted octanol–water partition coefficient (Wildman–Crippen LogP) is 4.83. The van der Waals surface area contributed by atoms with Crippen LogP contribution in [0.15, 0.2) is 41.6 Å². The lowest BCUT2D eigenvalue weighted by Gasteiger charge is -2.37. The molecule has 5 nitrogen and oxygen atoms in total. The van der Waals surface area contributed by atoms with Crippen molar-refractivity contribution >= 4 is 28.3 Å². The van der Waals surface area contributed by atoms with Crippen molar-refractivity contribution in [1.82, 2.24) is 9.97 Å². The average molecular weight is 436 g/mol. The Kier molecular flexibility index (Phi) is 7.90. The molecule has 1 fully saturated rings. The van der Waals surface area contributed by atoms with Gasteiger partial charge in [0.25, 0.3) is 0 Å². The first kappa shape index (κ1) is 22.0. The summed E-state index contributed by atoms with van der Waals surface area (Å²) in [6.45, 7) is 7.38. The van der Waals surface area contributed by atoms with Gasteiger partial charge >= 0.3 is 0 Å². The van der Waals surface area contributed by atoms with Crippen LogP contribution in [-0.2, 0) is 10.8 Å². The Hall–Kier alpha value is -1.66. The molecule has 0 spiro atoms. The van der Waals surface area contributed by atoms with Crippen molar-refractivity contribution in [1.29, 1.82) is 0 Å². The second kappa shape index (κ2) is 10.4. The van der Waals surface area contributed by atoms with Crippen molar-refractivity contribution in [2.45, 2.75) is 38.0 Å². The Morgan fingerprint density at radius 1 is 1.17 bits per heavy atom. The summed E-state index contributed by atoms with van der Waals surface area (Å²) in [6.07, 6.45) is 8.36. The second-order valence-corrected chi connectivity index (χ2v) is 9.74. The van der Waals surface area contributed by atoms with Gasteiger partial charge in [0.2, 0.25) is 5.95 Å². The minimum absolute atomic E-state index is 0.574. The lowest BCUT2D eigenvalue weighted by molar-refractivity contribution is 0.186. The molecular formula is C22H30ClN3O2S. The number of hydrogen-bond acceptors (Lipinski definition) is 5. The number of piperidine rings is 1. The van der Waals surface area contributed by atoms with Crippen LogP contribution in [0.25, 0.3) is 0 Å². The summed E-state index contributed by atoms with van der Waals surface area (Å²) in [5, 5.41) is 0.574. The number of hydrogen-bond donors (Lipinski definition) is 0. The molecule has 0 bridgehead atoms. The third-order valence-electron chi connectivity index (χ3n) is 6.07. The monoisotopic (exact) mass is 435 g/mol. The largest absolute Gasteiger partial charge is 0.494 e. The van der Waals surface area contributed by atoms with Gasteiger partial charge in [-0.25, -0.2) is 9.97 Å². The number of halogens is 1. The summed E-state index contributed by atoms with van der Waals surface area (Å²) in [5.74, 6) is 3.58. The van der Waals surface area contributed by atoms with Gasteiger partial charge in [-0.15, -0.1) is 0 Å². The minimum atomic E-state index is -0.948. The van der Waals surface area contributed by atoms with Crippen LogP contribution in [0, 0.1) is 17.8 Å². The molecule has 0 saturated carbocycles. The van der Waals surface area contributed by atoms with E-state index in [1.807, 2.05) is 24.3 Å². The molecule has 0 radical (unpaired) electrons. The van der Waals surface area contributed by atoms with E-state index in [0.29, 0.717) is 29.4 Å². The summed E-state index contributed by atoms with van der Waals surface area (Å²) in [7, 11) is -0.948. The molecule has 29 heavy (non-hydrogen) atoms. The van der Waals surface area contributed by atoms with Gasteiger partial charge in [-0.2, -0.15) is 0 Å². The molecule has 1 saturated heterocycles. The van der Waals surface area contributed by atoms with Crippen molar-refractivity contribution < 1.29 is 8.95 Å². The maximum Gasteiger partial charge on any atom is 0.225 e. The summed E-state index contributed by atoms with van der Waals surface area (Å²) in [6, 6.07) is 7.55. The van der Waals surface area contributed by atoms with Crippen LogP contribution >= 0.6 is 11.6 Å². The van der Waals surface area contributed by atoms with Crippen LogP contribution in [0.1, 0.15) is 33.1 Å². The highest BCUT2D eigenvalue weighted by Crippen LogP contribution is 2.32. The summed E-state index contributed by atoms with van der Waals surface area (Å²) >= 11 is 5.88. The van der Waals surface area contributed by atoms with E-state index in [9.17, 15) is 4.21 Å². The fourth-order valence-electron chi connectivity index (χ4n) is 3.91. The van der Waals surface area contributed by atoms with Crippen LogP contribution in [0.3, 0.4) is 0 Å². The highest BCUT2D eigenvalue weighted by molar-refractivity contribution is 7.84. The normalized spacial score (nSPS) is 18.3. The van der Waals surface area contributed by atoms with E-state index >= 15 is 0 Å². The van der Waals surface area contributed by atoms with E-state index in [1.54, 1.807) is 18.6 Å². The molecule has 7 heteroatoms. The van der Waals surface area contributed by atoms with E-state index < -0.39 is 10.8 Å². The van der Waals surface area contributed by atoms with Gasteiger partial charge in [0.1, 0.15) is 5.75 Å². The molecule has 3 rings (SSSR count). The fourth-order valence-corrected chi connectivity index (χ4v) is 4.53. The van der Waals surface area contributed by atoms with E-state index in [2.05, 4.69) is 28.7 Å². The maximum atomic E-state index is 11.5. The van der Waals surface area contributed by atoms with Gasteiger partial charge < -0.3 is 9.64 Å². The van der Waals surface area contributed by atoms with E-state index in [1.165, 1.54) is 0 Å². The number of anilines is 1. The van der Waals surface area contributed by atoms with Crippen LogP contribution in [0.4, 0.5) is 5.95 Å². The zero-order chi connectivity index (χ0) is 20.8. The summed E-state index contributed by atoms with van der Waals surface area (Å²) < 4.78 is 17.4. The number of benzene rings is 1. The molecule has 2 heterocycles. The summed E-state index contributed by atoms with van der Waals surface area (Å²) in [5.41, 5.74) is 0. The SMILES string of the molecule is CC(CCOc1ccc(S(C)=O)cc1)C(C)C1CCN(c2ncc(Cl)cn2)CC1. The Bertz CT molecular complexity index is 793. The molecule has 1 aliphatic rings. The second-order valence-electron chi connectivity index (χ2n) is 7.92. The summed E-state index contributed by atoms with van der Waals surface area (Å²) in [4.78, 5) is 11.8. The highest BCUT2D eigenvalue weighted by Gasteiger charge is 2.28. The zero-order valence-electron chi connectivity index (χ0n) is 17.4. The molecule has 1 aliphatic heterocycles.